The lowest BCUT2D eigenvalue weighted by Crippen LogP contribution is -2.46. The molecule has 0 saturated carbocycles. The Balaban J connectivity index is 1.55. The number of aryl methyl sites for hydroxylation is 1. The highest BCUT2D eigenvalue weighted by Crippen LogP contribution is 2.16. The number of oxazole rings is 1. The Morgan fingerprint density at radius 1 is 1.37 bits per heavy atom. The second-order valence-corrected chi connectivity index (χ2v) is 4.99. The van der Waals surface area contributed by atoms with Gasteiger partial charge in [0.2, 0.25) is 0 Å². The molecule has 0 spiro atoms. The van der Waals surface area contributed by atoms with E-state index < -0.39 is 0 Å². The van der Waals surface area contributed by atoms with Crippen molar-refractivity contribution in [2.24, 2.45) is 0 Å². The van der Waals surface area contributed by atoms with Gasteiger partial charge in [-0.3, -0.25) is 4.90 Å². The average Bonchev–Trinajstić information content (AvgIpc) is 2.79. The molecule has 0 atom stereocenters. The van der Waals surface area contributed by atoms with Gasteiger partial charge in [-0.2, -0.15) is 0 Å². The van der Waals surface area contributed by atoms with E-state index in [1.54, 1.807) is 0 Å². The third-order valence-electron chi connectivity index (χ3n) is 3.43. The van der Waals surface area contributed by atoms with Gasteiger partial charge in [0.1, 0.15) is 5.52 Å². The van der Waals surface area contributed by atoms with Crippen LogP contribution in [0, 0.1) is 6.92 Å². The molecule has 0 bridgehead atoms. The smallest absolute Gasteiger partial charge is 0.192 e. The molecule has 0 aliphatic carbocycles. The van der Waals surface area contributed by atoms with Gasteiger partial charge in [-0.1, -0.05) is 6.07 Å². The minimum absolute atomic E-state index is 0.723. The minimum Gasteiger partial charge on any atom is -0.441 e. The normalized spacial score (nSPS) is 17.1. The maximum Gasteiger partial charge on any atom is 0.192 e. The molecule has 1 aromatic heterocycles. The zero-order valence-corrected chi connectivity index (χ0v) is 11.3. The second-order valence-electron chi connectivity index (χ2n) is 4.99. The van der Waals surface area contributed by atoms with Crippen molar-refractivity contribution in [2.45, 2.75) is 13.5 Å². The van der Waals surface area contributed by atoms with Crippen molar-refractivity contribution in [3.63, 3.8) is 0 Å². The van der Waals surface area contributed by atoms with Gasteiger partial charge >= 0.3 is 0 Å². The summed E-state index contributed by atoms with van der Waals surface area (Å²) >= 11 is 0. The van der Waals surface area contributed by atoms with Crippen LogP contribution in [0.15, 0.2) is 22.6 Å². The van der Waals surface area contributed by atoms with Crippen LogP contribution in [-0.4, -0.2) is 42.7 Å². The summed E-state index contributed by atoms with van der Waals surface area (Å²) < 4.78 is 5.55. The number of hydrogen-bond acceptors (Lipinski definition) is 5. The zero-order chi connectivity index (χ0) is 13.1. The first kappa shape index (κ1) is 12.6. The topological polar surface area (TPSA) is 53.3 Å². The van der Waals surface area contributed by atoms with Crippen LogP contribution in [0.2, 0.25) is 0 Å². The molecule has 0 radical (unpaired) electrons. The molecule has 1 aromatic carbocycles. The Labute approximate surface area is 113 Å². The summed E-state index contributed by atoms with van der Waals surface area (Å²) in [5.74, 6) is 0.723. The van der Waals surface area contributed by atoms with Crippen molar-refractivity contribution in [3.05, 3.63) is 29.7 Å². The molecule has 0 unspecified atom stereocenters. The molecule has 5 nitrogen and oxygen atoms in total. The standard InChI is InChI=1S/C14H20N4O/c1-11-17-13-3-2-12(8-14(13)19-11)9-16-10-18-6-4-15-5-7-18/h2-3,8,15-16H,4-7,9-10H2,1H3. The van der Waals surface area contributed by atoms with Gasteiger partial charge in [0.05, 0.1) is 0 Å². The van der Waals surface area contributed by atoms with E-state index in [1.807, 2.05) is 13.0 Å². The van der Waals surface area contributed by atoms with Crippen LogP contribution in [-0.2, 0) is 6.54 Å². The molecule has 5 heteroatoms. The maximum atomic E-state index is 5.55. The van der Waals surface area contributed by atoms with Crippen LogP contribution in [0.25, 0.3) is 11.1 Å². The number of benzene rings is 1. The molecule has 2 aromatic rings. The summed E-state index contributed by atoms with van der Waals surface area (Å²) in [7, 11) is 0. The summed E-state index contributed by atoms with van der Waals surface area (Å²) in [5.41, 5.74) is 3.04. The number of nitrogens with one attached hydrogen (secondary N) is 2. The Hall–Kier alpha value is -1.43. The molecule has 102 valence electrons. The van der Waals surface area contributed by atoms with Crippen LogP contribution in [0.1, 0.15) is 11.5 Å². The van der Waals surface area contributed by atoms with Crippen molar-refractivity contribution in [1.29, 1.82) is 0 Å². The van der Waals surface area contributed by atoms with Gasteiger partial charge in [-0.05, 0) is 17.7 Å². The predicted molar refractivity (Wildman–Crippen MR) is 74.9 cm³/mol. The number of hydrogen-bond donors (Lipinski definition) is 2. The van der Waals surface area contributed by atoms with Crippen molar-refractivity contribution in [2.75, 3.05) is 32.8 Å². The monoisotopic (exact) mass is 260 g/mol. The Bertz CT molecular complexity index is 545. The third-order valence-corrected chi connectivity index (χ3v) is 3.43. The molecule has 1 aliphatic rings. The van der Waals surface area contributed by atoms with Crippen LogP contribution in [0.5, 0.6) is 0 Å². The van der Waals surface area contributed by atoms with Gasteiger partial charge in [-0.15, -0.1) is 0 Å². The van der Waals surface area contributed by atoms with E-state index in [9.17, 15) is 0 Å². The number of piperazine rings is 1. The predicted octanol–water partition coefficient (Wildman–Crippen LogP) is 1.09. The van der Waals surface area contributed by atoms with Gasteiger partial charge in [-0.25, -0.2) is 4.98 Å². The highest BCUT2D eigenvalue weighted by atomic mass is 16.3. The van der Waals surface area contributed by atoms with E-state index >= 15 is 0 Å². The first-order valence-electron chi connectivity index (χ1n) is 6.81. The number of fused-ring (bicyclic) bond motifs is 1. The maximum absolute atomic E-state index is 5.55. The van der Waals surface area contributed by atoms with Crippen molar-refractivity contribution in [3.8, 4) is 0 Å². The van der Waals surface area contributed by atoms with Crippen LogP contribution >= 0.6 is 0 Å². The number of nitrogens with zero attached hydrogens (tertiary/aromatic N) is 2. The van der Waals surface area contributed by atoms with E-state index in [-0.39, 0.29) is 0 Å². The molecular formula is C14H20N4O. The molecule has 1 saturated heterocycles. The second kappa shape index (κ2) is 5.69. The Kier molecular flexibility index (Phi) is 3.77. The Morgan fingerprint density at radius 2 is 2.21 bits per heavy atom. The third kappa shape index (κ3) is 3.12. The van der Waals surface area contributed by atoms with E-state index in [0.29, 0.717) is 0 Å². The SMILES string of the molecule is Cc1nc2ccc(CNCN3CCNCC3)cc2o1. The summed E-state index contributed by atoms with van der Waals surface area (Å²) in [6, 6.07) is 6.20. The highest BCUT2D eigenvalue weighted by molar-refractivity contribution is 5.73. The highest BCUT2D eigenvalue weighted by Gasteiger charge is 2.08. The minimum atomic E-state index is 0.723. The van der Waals surface area contributed by atoms with Crippen molar-refractivity contribution < 1.29 is 4.42 Å². The zero-order valence-electron chi connectivity index (χ0n) is 11.3. The fraction of sp³-hybridized carbons (Fsp3) is 0.500. The first-order valence-corrected chi connectivity index (χ1v) is 6.81. The van der Waals surface area contributed by atoms with Crippen LogP contribution < -0.4 is 10.6 Å². The van der Waals surface area contributed by atoms with Crippen molar-refractivity contribution in [1.82, 2.24) is 20.5 Å². The summed E-state index contributed by atoms with van der Waals surface area (Å²) in [4.78, 5) is 6.73. The Morgan fingerprint density at radius 3 is 3.05 bits per heavy atom. The molecule has 1 fully saturated rings. The van der Waals surface area contributed by atoms with E-state index in [2.05, 4.69) is 32.7 Å². The van der Waals surface area contributed by atoms with Crippen LogP contribution in [0.3, 0.4) is 0 Å². The fourth-order valence-electron chi connectivity index (χ4n) is 2.42. The molecule has 1 aliphatic heterocycles. The lowest BCUT2D eigenvalue weighted by Gasteiger charge is -2.27. The molecule has 0 amide bonds. The van der Waals surface area contributed by atoms with Gasteiger partial charge < -0.3 is 15.1 Å². The van der Waals surface area contributed by atoms with E-state index in [1.165, 1.54) is 5.56 Å². The summed E-state index contributed by atoms with van der Waals surface area (Å²) in [5, 5.41) is 6.84. The molecule has 2 heterocycles. The summed E-state index contributed by atoms with van der Waals surface area (Å²) in [6.07, 6.45) is 0. The van der Waals surface area contributed by atoms with Gasteiger partial charge in [0.25, 0.3) is 0 Å². The van der Waals surface area contributed by atoms with Crippen LogP contribution in [0.4, 0.5) is 0 Å². The fourth-order valence-corrected chi connectivity index (χ4v) is 2.42. The first-order chi connectivity index (χ1) is 9.31. The van der Waals surface area contributed by atoms with Crippen molar-refractivity contribution >= 4 is 11.1 Å². The van der Waals surface area contributed by atoms with Gasteiger partial charge in [0.15, 0.2) is 11.5 Å². The number of aromatic nitrogens is 1. The quantitative estimate of drug-likeness (QED) is 0.862. The largest absolute Gasteiger partial charge is 0.441 e. The molecule has 2 N–H and O–H groups in total. The lowest BCUT2D eigenvalue weighted by molar-refractivity contribution is 0.223. The molecule has 3 rings (SSSR count). The number of rotatable bonds is 4. The molecule has 19 heavy (non-hydrogen) atoms. The van der Waals surface area contributed by atoms with E-state index in [0.717, 1.165) is 56.4 Å². The van der Waals surface area contributed by atoms with E-state index in [4.69, 9.17) is 4.42 Å². The lowest BCUT2D eigenvalue weighted by atomic mass is 10.2. The summed E-state index contributed by atoms with van der Waals surface area (Å²) in [6.45, 7) is 8.09. The average molecular weight is 260 g/mol. The molecular weight excluding hydrogens is 240 g/mol. The van der Waals surface area contributed by atoms with Gasteiger partial charge in [0, 0.05) is 46.3 Å².